The molecule has 1 rings (SSSR count). The summed E-state index contributed by atoms with van der Waals surface area (Å²) in [5.41, 5.74) is 5.58. The molecule has 1 atom stereocenters. The molecule has 0 saturated carbocycles. The largest absolute Gasteiger partial charge is 0.356 e. The molecule has 0 aliphatic rings. The molecule has 3 N–H and O–H groups in total. The number of carbonyl (C=O) groups excluding carboxylic acids is 1. The number of carbonyl (C=O) groups is 1. The number of aryl methyl sites for hydroxylation is 1. The Morgan fingerprint density at radius 3 is 2.94 bits per heavy atom. The van der Waals surface area contributed by atoms with Crippen molar-refractivity contribution in [2.24, 2.45) is 5.73 Å². The van der Waals surface area contributed by atoms with Crippen LogP contribution in [-0.2, 0) is 11.2 Å². The van der Waals surface area contributed by atoms with E-state index in [1.807, 2.05) is 19.1 Å². The Hall–Kier alpha value is -0.580. The minimum Gasteiger partial charge on any atom is -0.356 e. The van der Waals surface area contributed by atoms with Gasteiger partial charge in [0.15, 0.2) is 0 Å². The Bertz CT molecular complexity index is 338. The first kappa shape index (κ1) is 13.5. The van der Waals surface area contributed by atoms with Gasteiger partial charge in [0.1, 0.15) is 0 Å². The van der Waals surface area contributed by atoms with E-state index in [4.69, 9.17) is 17.3 Å². The van der Waals surface area contributed by atoms with Crippen molar-refractivity contribution in [3.63, 3.8) is 0 Å². The highest BCUT2D eigenvalue weighted by molar-refractivity contribution is 7.16. The fourth-order valence-corrected chi connectivity index (χ4v) is 2.34. The van der Waals surface area contributed by atoms with E-state index in [1.165, 1.54) is 11.3 Å². The molecule has 5 heteroatoms. The first-order valence-corrected chi connectivity index (χ1v) is 6.54. The van der Waals surface area contributed by atoms with E-state index in [0.717, 1.165) is 22.1 Å². The summed E-state index contributed by atoms with van der Waals surface area (Å²) in [4.78, 5) is 12.6. The molecule has 1 aromatic rings. The Balaban J connectivity index is 2.15. The molecule has 0 bridgehead atoms. The fraction of sp³-hybridized carbons (Fsp3) is 0.545. The van der Waals surface area contributed by atoms with E-state index in [0.29, 0.717) is 13.0 Å². The van der Waals surface area contributed by atoms with Crippen LogP contribution in [0.25, 0.3) is 0 Å². The zero-order valence-electron chi connectivity index (χ0n) is 9.33. The summed E-state index contributed by atoms with van der Waals surface area (Å²) in [5, 5.41) is 2.84. The number of amides is 1. The first-order valence-electron chi connectivity index (χ1n) is 5.34. The monoisotopic (exact) mass is 260 g/mol. The van der Waals surface area contributed by atoms with Gasteiger partial charge in [-0.1, -0.05) is 11.6 Å². The number of thiophene rings is 1. The maximum Gasteiger partial charge on any atom is 0.220 e. The van der Waals surface area contributed by atoms with Gasteiger partial charge in [-0.15, -0.1) is 11.3 Å². The highest BCUT2D eigenvalue weighted by Gasteiger charge is 2.04. The third kappa shape index (κ3) is 5.49. The zero-order chi connectivity index (χ0) is 12.0. The Kier molecular flexibility index (Phi) is 5.80. The summed E-state index contributed by atoms with van der Waals surface area (Å²) in [6.45, 7) is 2.58. The normalized spacial score (nSPS) is 12.4. The summed E-state index contributed by atoms with van der Waals surface area (Å²) in [6.07, 6.45) is 2.08. The predicted octanol–water partition coefficient (Wildman–Crippen LogP) is 2.19. The van der Waals surface area contributed by atoms with Gasteiger partial charge in [0.25, 0.3) is 0 Å². The molecule has 16 heavy (non-hydrogen) atoms. The average Bonchev–Trinajstić information content (AvgIpc) is 2.61. The molecule has 0 fully saturated rings. The second kappa shape index (κ2) is 6.89. The number of hydrogen-bond donors (Lipinski definition) is 2. The van der Waals surface area contributed by atoms with Crippen LogP contribution >= 0.6 is 22.9 Å². The van der Waals surface area contributed by atoms with Gasteiger partial charge in [-0.2, -0.15) is 0 Å². The van der Waals surface area contributed by atoms with E-state index in [2.05, 4.69) is 5.32 Å². The van der Waals surface area contributed by atoms with Gasteiger partial charge >= 0.3 is 0 Å². The molecule has 0 aromatic carbocycles. The topological polar surface area (TPSA) is 55.1 Å². The van der Waals surface area contributed by atoms with Gasteiger partial charge in [0.2, 0.25) is 5.91 Å². The van der Waals surface area contributed by atoms with Gasteiger partial charge in [-0.3, -0.25) is 4.79 Å². The molecule has 0 aliphatic heterocycles. The average molecular weight is 261 g/mol. The lowest BCUT2D eigenvalue weighted by atomic mass is 10.2. The summed E-state index contributed by atoms with van der Waals surface area (Å²) in [6, 6.07) is 3.95. The Morgan fingerprint density at radius 1 is 1.62 bits per heavy atom. The molecule has 3 nitrogen and oxygen atoms in total. The Morgan fingerprint density at radius 2 is 2.38 bits per heavy atom. The number of rotatable bonds is 6. The second-order valence-corrected chi connectivity index (χ2v) is 5.62. The molecule has 0 saturated heterocycles. The molecule has 0 radical (unpaired) electrons. The minimum absolute atomic E-state index is 0.0742. The minimum atomic E-state index is 0.0742. The maximum absolute atomic E-state index is 11.4. The summed E-state index contributed by atoms with van der Waals surface area (Å²) >= 11 is 7.32. The van der Waals surface area contributed by atoms with E-state index in [1.54, 1.807) is 0 Å². The number of halogens is 1. The van der Waals surface area contributed by atoms with Crippen LogP contribution in [0.3, 0.4) is 0 Å². The van der Waals surface area contributed by atoms with Crippen molar-refractivity contribution < 1.29 is 4.79 Å². The lowest BCUT2D eigenvalue weighted by Crippen LogP contribution is -2.28. The zero-order valence-corrected chi connectivity index (χ0v) is 10.9. The van der Waals surface area contributed by atoms with Crippen molar-refractivity contribution in [3.8, 4) is 0 Å². The van der Waals surface area contributed by atoms with Crippen molar-refractivity contribution in [1.29, 1.82) is 0 Å². The van der Waals surface area contributed by atoms with Crippen molar-refractivity contribution in [2.75, 3.05) is 6.54 Å². The van der Waals surface area contributed by atoms with E-state index < -0.39 is 0 Å². The highest BCUT2D eigenvalue weighted by Crippen LogP contribution is 2.22. The lowest BCUT2D eigenvalue weighted by molar-refractivity contribution is -0.121. The third-order valence-electron chi connectivity index (χ3n) is 2.15. The molecule has 1 heterocycles. The van der Waals surface area contributed by atoms with Gasteiger partial charge in [-0.05, 0) is 31.9 Å². The van der Waals surface area contributed by atoms with Gasteiger partial charge < -0.3 is 11.1 Å². The van der Waals surface area contributed by atoms with Gasteiger partial charge in [0.05, 0.1) is 4.34 Å². The number of hydrogen-bond acceptors (Lipinski definition) is 3. The number of nitrogens with one attached hydrogen (secondary N) is 1. The van der Waals surface area contributed by atoms with Crippen LogP contribution in [0.4, 0.5) is 0 Å². The van der Waals surface area contributed by atoms with Crippen molar-refractivity contribution in [2.45, 2.75) is 32.2 Å². The molecule has 1 unspecified atom stereocenters. The van der Waals surface area contributed by atoms with Crippen LogP contribution in [0, 0.1) is 0 Å². The summed E-state index contributed by atoms with van der Waals surface area (Å²) in [7, 11) is 0. The van der Waals surface area contributed by atoms with Crippen LogP contribution in [-0.4, -0.2) is 18.5 Å². The second-order valence-electron chi connectivity index (χ2n) is 3.82. The van der Waals surface area contributed by atoms with E-state index in [9.17, 15) is 4.79 Å². The SMILES string of the molecule is CC(N)CCNC(=O)CCc1ccc(Cl)s1. The van der Waals surface area contributed by atoms with Crippen LogP contribution in [0.15, 0.2) is 12.1 Å². The molecule has 1 aromatic heterocycles. The van der Waals surface area contributed by atoms with Crippen molar-refractivity contribution in [1.82, 2.24) is 5.32 Å². The quantitative estimate of drug-likeness (QED) is 0.824. The molecule has 0 spiro atoms. The summed E-state index contributed by atoms with van der Waals surface area (Å²) in [5.74, 6) is 0.0742. The van der Waals surface area contributed by atoms with Crippen molar-refractivity contribution in [3.05, 3.63) is 21.3 Å². The van der Waals surface area contributed by atoms with E-state index in [-0.39, 0.29) is 11.9 Å². The molecular weight excluding hydrogens is 244 g/mol. The maximum atomic E-state index is 11.4. The van der Waals surface area contributed by atoms with Gasteiger partial charge in [0, 0.05) is 23.9 Å². The van der Waals surface area contributed by atoms with Crippen molar-refractivity contribution >= 4 is 28.8 Å². The molecule has 0 aliphatic carbocycles. The molecular formula is C11H17ClN2OS. The smallest absolute Gasteiger partial charge is 0.220 e. The fourth-order valence-electron chi connectivity index (χ4n) is 1.25. The Labute approximate surface area is 105 Å². The van der Waals surface area contributed by atoms with Crippen LogP contribution in [0.5, 0.6) is 0 Å². The van der Waals surface area contributed by atoms with E-state index >= 15 is 0 Å². The predicted molar refractivity (Wildman–Crippen MR) is 68.9 cm³/mol. The van der Waals surface area contributed by atoms with Crippen LogP contribution < -0.4 is 11.1 Å². The highest BCUT2D eigenvalue weighted by atomic mass is 35.5. The summed E-state index contributed by atoms with van der Waals surface area (Å²) < 4.78 is 0.771. The van der Waals surface area contributed by atoms with Crippen LogP contribution in [0.2, 0.25) is 4.34 Å². The molecule has 90 valence electrons. The van der Waals surface area contributed by atoms with Crippen LogP contribution in [0.1, 0.15) is 24.6 Å². The third-order valence-corrected chi connectivity index (χ3v) is 3.44. The number of nitrogens with two attached hydrogens (primary N) is 1. The first-order chi connectivity index (χ1) is 7.58. The molecule has 1 amide bonds. The van der Waals surface area contributed by atoms with Gasteiger partial charge in [-0.25, -0.2) is 0 Å². The lowest BCUT2D eigenvalue weighted by Gasteiger charge is -2.06. The standard InChI is InChI=1S/C11H17ClN2OS/c1-8(13)6-7-14-11(15)5-3-9-2-4-10(12)16-9/h2,4,8H,3,5-7,13H2,1H3,(H,14,15).